The molecule has 0 saturated heterocycles. The molecule has 1 aromatic carbocycles. The van der Waals surface area contributed by atoms with Gasteiger partial charge in [-0.2, -0.15) is 0 Å². The third-order valence-electron chi connectivity index (χ3n) is 3.53. The molecule has 0 unspecified atom stereocenters. The summed E-state index contributed by atoms with van der Waals surface area (Å²) in [6, 6.07) is 7.44. The fraction of sp³-hybridized carbons (Fsp3) is 0.526. The zero-order chi connectivity index (χ0) is 19.4. The van der Waals surface area contributed by atoms with E-state index >= 15 is 0 Å². The van der Waals surface area contributed by atoms with Gasteiger partial charge >= 0.3 is 5.97 Å². The summed E-state index contributed by atoms with van der Waals surface area (Å²) in [5.41, 5.74) is 1.68. The molecular formula is C19H31IN4O3. The summed E-state index contributed by atoms with van der Waals surface area (Å²) in [5.74, 6) is 0.505. The highest BCUT2D eigenvalue weighted by atomic mass is 127. The van der Waals surface area contributed by atoms with Crippen LogP contribution in [0.5, 0.6) is 0 Å². The second-order valence-corrected chi connectivity index (χ2v) is 5.93. The second kappa shape index (κ2) is 14.2. The quantitative estimate of drug-likeness (QED) is 0.183. The van der Waals surface area contributed by atoms with Gasteiger partial charge in [-0.3, -0.25) is 9.59 Å². The standard InChI is InChI=1S/C19H30N4O3.HI/c1-5-20-19(21-13-7-8-17(24)26-6-2)22-14-15-9-11-16(12-10-15)18(25)23(3)4;/h9-12H,5-8,13-14H2,1-4H3,(H2,20,21,22);1H. The van der Waals surface area contributed by atoms with Crippen LogP contribution in [0.2, 0.25) is 0 Å². The first kappa shape index (κ1) is 25.2. The molecule has 0 aliphatic rings. The number of hydrogen-bond acceptors (Lipinski definition) is 4. The molecule has 0 atom stereocenters. The molecule has 0 aliphatic carbocycles. The van der Waals surface area contributed by atoms with Gasteiger partial charge in [0.1, 0.15) is 0 Å². The van der Waals surface area contributed by atoms with Crippen molar-refractivity contribution in [3.8, 4) is 0 Å². The summed E-state index contributed by atoms with van der Waals surface area (Å²) in [6.45, 7) is 6.10. The number of ether oxygens (including phenoxy) is 1. The van der Waals surface area contributed by atoms with Gasteiger partial charge in [-0.15, -0.1) is 24.0 Å². The molecule has 1 aromatic rings. The van der Waals surface area contributed by atoms with E-state index in [1.807, 2.05) is 31.2 Å². The fourth-order valence-electron chi connectivity index (χ4n) is 2.20. The Morgan fingerprint density at radius 3 is 2.33 bits per heavy atom. The third-order valence-corrected chi connectivity index (χ3v) is 3.53. The van der Waals surface area contributed by atoms with Gasteiger partial charge in [0.25, 0.3) is 5.91 Å². The predicted molar refractivity (Wildman–Crippen MR) is 119 cm³/mol. The number of halogens is 1. The number of rotatable bonds is 9. The predicted octanol–water partition coefficient (Wildman–Crippen LogP) is 2.40. The molecule has 0 radical (unpaired) electrons. The highest BCUT2D eigenvalue weighted by Gasteiger charge is 2.07. The van der Waals surface area contributed by atoms with Crippen molar-refractivity contribution in [2.24, 2.45) is 4.99 Å². The van der Waals surface area contributed by atoms with Crippen LogP contribution in [-0.2, 0) is 16.1 Å². The summed E-state index contributed by atoms with van der Waals surface area (Å²) < 4.78 is 4.90. The molecule has 7 nitrogen and oxygen atoms in total. The third kappa shape index (κ3) is 10.2. The van der Waals surface area contributed by atoms with Crippen LogP contribution in [0.4, 0.5) is 0 Å². The number of amides is 1. The molecular weight excluding hydrogens is 459 g/mol. The highest BCUT2D eigenvalue weighted by molar-refractivity contribution is 14.0. The first-order chi connectivity index (χ1) is 12.5. The lowest BCUT2D eigenvalue weighted by molar-refractivity contribution is -0.143. The maximum absolute atomic E-state index is 11.9. The fourth-order valence-corrected chi connectivity index (χ4v) is 2.20. The van der Waals surface area contributed by atoms with E-state index in [1.165, 1.54) is 0 Å². The van der Waals surface area contributed by atoms with Crippen LogP contribution >= 0.6 is 24.0 Å². The Kier molecular flexibility index (Phi) is 13.3. The zero-order valence-electron chi connectivity index (χ0n) is 16.6. The maximum atomic E-state index is 11.9. The molecule has 27 heavy (non-hydrogen) atoms. The van der Waals surface area contributed by atoms with Gasteiger partial charge in [0.2, 0.25) is 0 Å². The zero-order valence-corrected chi connectivity index (χ0v) is 18.9. The average Bonchev–Trinajstić information content (AvgIpc) is 2.63. The van der Waals surface area contributed by atoms with Crippen LogP contribution < -0.4 is 10.6 Å². The first-order valence-corrected chi connectivity index (χ1v) is 8.96. The molecule has 0 heterocycles. The lowest BCUT2D eigenvalue weighted by Crippen LogP contribution is -2.37. The number of carbonyl (C=O) groups is 2. The minimum atomic E-state index is -0.177. The first-order valence-electron chi connectivity index (χ1n) is 8.96. The van der Waals surface area contributed by atoms with Crippen molar-refractivity contribution in [2.45, 2.75) is 33.2 Å². The molecule has 8 heteroatoms. The lowest BCUT2D eigenvalue weighted by atomic mass is 10.1. The summed E-state index contributed by atoms with van der Waals surface area (Å²) >= 11 is 0. The largest absolute Gasteiger partial charge is 0.466 e. The molecule has 0 spiro atoms. The van der Waals surface area contributed by atoms with E-state index in [2.05, 4.69) is 15.6 Å². The van der Waals surface area contributed by atoms with Gasteiger partial charge in [0.05, 0.1) is 13.2 Å². The number of nitrogens with one attached hydrogen (secondary N) is 2. The van der Waals surface area contributed by atoms with Crippen LogP contribution in [0.1, 0.15) is 42.6 Å². The molecule has 2 N–H and O–H groups in total. The Morgan fingerprint density at radius 2 is 1.78 bits per heavy atom. The summed E-state index contributed by atoms with van der Waals surface area (Å²) in [6.07, 6.45) is 1.08. The van der Waals surface area contributed by atoms with Crippen molar-refractivity contribution in [1.82, 2.24) is 15.5 Å². The highest BCUT2D eigenvalue weighted by Crippen LogP contribution is 2.07. The summed E-state index contributed by atoms with van der Waals surface area (Å²) in [4.78, 5) is 29.3. The van der Waals surface area contributed by atoms with Gasteiger partial charge < -0.3 is 20.3 Å². The molecule has 0 aliphatic heterocycles. The minimum Gasteiger partial charge on any atom is -0.466 e. The van der Waals surface area contributed by atoms with Crippen LogP contribution in [0, 0.1) is 0 Å². The molecule has 1 amide bonds. The number of aliphatic imine (C=N–C) groups is 1. The number of hydrogen-bond donors (Lipinski definition) is 2. The number of carbonyl (C=O) groups excluding carboxylic acids is 2. The van der Waals surface area contributed by atoms with Crippen molar-refractivity contribution in [2.75, 3.05) is 33.8 Å². The van der Waals surface area contributed by atoms with Crippen molar-refractivity contribution in [1.29, 1.82) is 0 Å². The summed E-state index contributed by atoms with van der Waals surface area (Å²) in [7, 11) is 3.47. The van der Waals surface area contributed by atoms with E-state index in [0.717, 1.165) is 12.1 Å². The van der Waals surface area contributed by atoms with Gasteiger partial charge in [-0.1, -0.05) is 12.1 Å². The minimum absolute atomic E-state index is 0. The molecule has 0 bridgehead atoms. The Balaban J connectivity index is 0.00000676. The molecule has 0 fully saturated rings. The molecule has 1 rings (SSSR count). The molecule has 0 aromatic heterocycles. The Labute approximate surface area is 179 Å². The average molecular weight is 490 g/mol. The lowest BCUT2D eigenvalue weighted by Gasteiger charge is -2.12. The van der Waals surface area contributed by atoms with Crippen molar-refractivity contribution >= 4 is 41.8 Å². The van der Waals surface area contributed by atoms with Crippen LogP contribution in [0.3, 0.4) is 0 Å². The van der Waals surface area contributed by atoms with E-state index in [9.17, 15) is 9.59 Å². The van der Waals surface area contributed by atoms with Crippen molar-refractivity contribution < 1.29 is 14.3 Å². The molecule has 0 saturated carbocycles. The van der Waals surface area contributed by atoms with Gasteiger partial charge in [-0.05, 0) is 38.0 Å². The number of esters is 1. The second-order valence-electron chi connectivity index (χ2n) is 5.93. The van der Waals surface area contributed by atoms with Gasteiger partial charge in [-0.25, -0.2) is 4.99 Å². The smallest absolute Gasteiger partial charge is 0.305 e. The normalized spacial score (nSPS) is 10.6. The Hall–Kier alpha value is -1.84. The monoisotopic (exact) mass is 490 g/mol. The van der Waals surface area contributed by atoms with Crippen LogP contribution in [-0.4, -0.2) is 56.5 Å². The van der Waals surface area contributed by atoms with E-state index in [0.29, 0.717) is 44.1 Å². The van der Waals surface area contributed by atoms with E-state index in [4.69, 9.17) is 4.74 Å². The topological polar surface area (TPSA) is 83.0 Å². The Morgan fingerprint density at radius 1 is 1.11 bits per heavy atom. The SMILES string of the molecule is CCNC(=NCc1ccc(C(=O)N(C)C)cc1)NCCCC(=O)OCC.I. The van der Waals surface area contributed by atoms with Gasteiger partial charge in [0.15, 0.2) is 5.96 Å². The summed E-state index contributed by atoms with van der Waals surface area (Å²) in [5, 5.41) is 6.38. The van der Waals surface area contributed by atoms with Crippen molar-refractivity contribution in [3.05, 3.63) is 35.4 Å². The number of benzene rings is 1. The van der Waals surface area contributed by atoms with E-state index in [-0.39, 0.29) is 35.9 Å². The van der Waals surface area contributed by atoms with Crippen molar-refractivity contribution in [3.63, 3.8) is 0 Å². The van der Waals surface area contributed by atoms with E-state index < -0.39 is 0 Å². The number of guanidine groups is 1. The Bertz CT molecular complexity index is 603. The number of nitrogens with zero attached hydrogens (tertiary/aromatic N) is 2. The maximum Gasteiger partial charge on any atom is 0.305 e. The molecule has 152 valence electrons. The van der Waals surface area contributed by atoms with Crippen LogP contribution in [0.25, 0.3) is 0 Å². The van der Waals surface area contributed by atoms with E-state index in [1.54, 1.807) is 25.9 Å². The van der Waals surface area contributed by atoms with Crippen LogP contribution in [0.15, 0.2) is 29.3 Å². The van der Waals surface area contributed by atoms with Gasteiger partial charge in [0, 0.05) is 39.2 Å².